The van der Waals surface area contributed by atoms with Crippen LogP contribution in [0, 0.1) is 16.0 Å². The number of nitrogens with zero attached hydrogens (tertiary/aromatic N) is 1. The van der Waals surface area contributed by atoms with Gasteiger partial charge in [-0.3, -0.25) is 10.1 Å². The molecule has 0 aromatic heterocycles. The average molecular weight is 250 g/mol. The summed E-state index contributed by atoms with van der Waals surface area (Å²) < 4.78 is 0. The molecular formula is C12H14N2O4. The maximum absolute atomic E-state index is 10.9. The molecule has 0 heterocycles. The molecule has 2 N–H and O–H groups in total. The van der Waals surface area contributed by atoms with Gasteiger partial charge in [0.2, 0.25) is 0 Å². The predicted octanol–water partition coefficient (Wildman–Crippen LogP) is 2.51. The Morgan fingerprint density at radius 3 is 2.78 bits per heavy atom. The lowest BCUT2D eigenvalue weighted by molar-refractivity contribution is -0.384. The summed E-state index contributed by atoms with van der Waals surface area (Å²) in [4.78, 5) is 21.1. The van der Waals surface area contributed by atoms with Gasteiger partial charge in [-0.2, -0.15) is 0 Å². The monoisotopic (exact) mass is 250 g/mol. The Bertz CT molecular complexity index is 483. The van der Waals surface area contributed by atoms with Crippen LogP contribution in [0.25, 0.3) is 0 Å². The first-order valence-electron chi connectivity index (χ1n) is 5.83. The van der Waals surface area contributed by atoms with Gasteiger partial charge in [-0.25, -0.2) is 4.79 Å². The van der Waals surface area contributed by atoms with Crippen molar-refractivity contribution < 1.29 is 14.8 Å². The molecule has 1 aromatic rings. The maximum atomic E-state index is 10.9. The Morgan fingerprint density at radius 2 is 2.22 bits per heavy atom. The van der Waals surface area contributed by atoms with Crippen LogP contribution >= 0.6 is 0 Å². The zero-order chi connectivity index (χ0) is 13.1. The number of nitro groups is 1. The largest absolute Gasteiger partial charge is 0.478 e. The van der Waals surface area contributed by atoms with E-state index < -0.39 is 10.9 Å². The van der Waals surface area contributed by atoms with E-state index in [2.05, 4.69) is 5.32 Å². The molecule has 0 atom stereocenters. The third kappa shape index (κ3) is 2.97. The van der Waals surface area contributed by atoms with Gasteiger partial charge in [0.05, 0.1) is 10.5 Å². The van der Waals surface area contributed by atoms with Crippen molar-refractivity contribution in [2.24, 2.45) is 5.92 Å². The lowest BCUT2D eigenvalue weighted by atomic mass is 10.1. The molecular weight excluding hydrogens is 236 g/mol. The standard InChI is InChI=1S/C12H14N2O4/c15-12(16)9-3-4-10(11(7-9)14(17)18)13-6-5-8-1-2-8/h3-4,7-8,13H,1-2,5-6H2,(H,15,16). The smallest absolute Gasteiger partial charge is 0.335 e. The van der Waals surface area contributed by atoms with Gasteiger partial charge in [-0.15, -0.1) is 0 Å². The van der Waals surface area contributed by atoms with E-state index in [1.807, 2.05) is 0 Å². The minimum Gasteiger partial charge on any atom is -0.478 e. The van der Waals surface area contributed by atoms with Crippen molar-refractivity contribution in [1.29, 1.82) is 0 Å². The number of carboxylic acids is 1. The number of hydrogen-bond acceptors (Lipinski definition) is 4. The van der Waals surface area contributed by atoms with Gasteiger partial charge in [0.25, 0.3) is 5.69 Å². The van der Waals surface area contributed by atoms with E-state index in [9.17, 15) is 14.9 Å². The summed E-state index contributed by atoms with van der Waals surface area (Å²) in [5, 5.41) is 22.7. The number of hydrogen-bond donors (Lipinski definition) is 2. The van der Waals surface area contributed by atoms with Gasteiger partial charge in [-0.1, -0.05) is 12.8 Å². The summed E-state index contributed by atoms with van der Waals surface area (Å²) in [6.45, 7) is 0.678. The summed E-state index contributed by atoms with van der Waals surface area (Å²) in [5.74, 6) is -0.419. The maximum Gasteiger partial charge on any atom is 0.335 e. The van der Waals surface area contributed by atoms with Crippen LogP contribution in [0.5, 0.6) is 0 Å². The third-order valence-corrected chi connectivity index (χ3v) is 3.01. The zero-order valence-electron chi connectivity index (χ0n) is 9.76. The van der Waals surface area contributed by atoms with Gasteiger partial charge < -0.3 is 10.4 Å². The van der Waals surface area contributed by atoms with Crippen molar-refractivity contribution in [3.05, 3.63) is 33.9 Å². The van der Waals surface area contributed by atoms with E-state index in [1.54, 1.807) is 0 Å². The van der Waals surface area contributed by atoms with Crippen LogP contribution in [-0.4, -0.2) is 22.5 Å². The third-order valence-electron chi connectivity index (χ3n) is 3.01. The Balaban J connectivity index is 2.11. The van der Waals surface area contributed by atoms with E-state index in [1.165, 1.54) is 25.0 Å². The van der Waals surface area contributed by atoms with Crippen molar-refractivity contribution in [3.8, 4) is 0 Å². The Hall–Kier alpha value is -2.11. The van der Waals surface area contributed by atoms with Gasteiger partial charge in [0, 0.05) is 12.6 Å². The van der Waals surface area contributed by atoms with Gasteiger partial charge >= 0.3 is 5.97 Å². The van der Waals surface area contributed by atoms with Gasteiger partial charge in [0.1, 0.15) is 5.69 Å². The van der Waals surface area contributed by atoms with Gasteiger partial charge in [0.15, 0.2) is 0 Å². The number of nitrogens with one attached hydrogen (secondary N) is 1. The molecule has 6 nitrogen and oxygen atoms in total. The van der Waals surface area contributed by atoms with E-state index in [0.29, 0.717) is 12.2 Å². The number of carbonyl (C=O) groups is 1. The van der Waals surface area contributed by atoms with Crippen molar-refractivity contribution in [2.75, 3.05) is 11.9 Å². The fourth-order valence-electron chi connectivity index (χ4n) is 1.78. The quantitative estimate of drug-likeness (QED) is 0.597. The first-order valence-corrected chi connectivity index (χ1v) is 5.83. The second kappa shape index (κ2) is 5.03. The Kier molecular flexibility index (Phi) is 3.45. The minimum absolute atomic E-state index is 0.0746. The summed E-state index contributed by atoms with van der Waals surface area (Å²) >= 11 is 0. The summed E-state index contributed by atoms with van der Waals surface area (Å²) in [5.41, 5.74) is 0.116. The molecule has 0 radical (unpaired) electrons. The minimum atomic E-state index is -1.16. The first-order chi connectivity index (χ1) is 8.58. The highest BCUT2D eigenvalue weighted by atomic mass is 16.6. The van der Waals surface area contributed by atoms with Crippen molar-refractivity contribution >= 4 is 17.3 Å². The molecule has 2 rings (SSSR count). The highest BCUT2D eigenvalue weighted by Crippen LogP contribution is 2.32. The molecule has 96 valence electrons. The highest BCUT2D eigenvalue weighted by molar-refractivity contribution is 5.89. The number of carboxylic acid groups (broad SMARTS) is 1. The average Bonchev–Trinajstić information content (AvgIpc) is 3.13. The summed E-state index contributed by atoms with van der Waals surface area (Å²) in [6.07, 6.45) is 3.47. The topological polar surface area (TPSA) is 92.5 Å². The molecule has 0 spiro atoms. The molecule has 1 aliphatic rings. The number of benzene rings is 1. The van der Waals surface area contributed by atoms with Crippen LogP contribution < -0.4 is 5.32 Å². The fraction of sp³-hybridized carbons (Fsp3) is 0.417. The molecule has 1 aliphatic carbocycles. The lowest BCUT2D eigenvalue weighted by Crippen LogP contribution is -2.06. The Morgan fingerprint density at radius 1 is 1.50 bits per heavy atom. The Labute approximate surface area is 104 Å². The molecule has 6 heteroatoms. The lowest BCUT2D eigenvalue weighted by Gasteiger charge is -2.07. The molecule has 0 unspecified atom stereocenters. The molecule has 18 heavy (non-hydrogen) atoms. The van der Waals surface area contributed by atoms with E-state index >= 15 is 0 Å². The summed E-state index contributed by atoms with van der Waals surface area (Å²) in [6, 6.07) is 3.91. The highest BCUT2D eigenvalue weighted by Gasteiger charge is 2.21. The molecule has 1 fully saturated rings. The number of aromatic carboxylic acids is 1. The van der Waals surface area contributed by atoms with Crippen LogP contribution in [0.4, 0.5) is 11.4 Å². The predicted molar refractivity (Wildman–Crippen MR) is 65.9 cm³/mol. The van der Waals surface area contributed by atoms with E-state index in [4.69, 9.17) is 5.11 Å². The van der Waals surface area contributed by atoms with Crippen LogP contribution in [-0.2, 0) is 0 Å². The second-order valence-electron chi connectivity index (χ2n) is 4.45. The van der Waals surface area contributed by atoms with Crippen molar-refractivity contribution in [1.82, 2.24) is 0 Å². The molecule has 1 aromatic carbocycles. The molecule has 0 aliphatic heterocycles. The normalized spacial score (nSPS) is 14.2. The molecule has 0 saturated heterocycles. The zero-order valence-corrected chi connectivity index (χ0v) is 9.76. The van der Waals surface area contributed by atoms with Crippen LogP contribution in [0.1, 0.15) is 29.6 Å². The molecule has 0 amide bonds. The van der Waals surface area contributed by atoms with Crippen LogP contribution in [0.3, 0.4) is 0 Å². The van der Waals surface area contributed by atoms with Crippen LogP contribution in [0.2, 0.25) is 0 Å². The SMILES string of the molecule is O=C(O)c1ccc(NCCC2CC2)c([N+](=O)[O-])c1. The van der Waals surface area contributed by atoms with E-state index in [-0.39, 0.29) is 11.3 Å². The van der Waals surface area contributed by atoms with Gasteiger partial charge in [-0.05, 0) is 24.5 Å². The van der Waals surface area contributed by atoms with Crippen molar-refractivity contribution in [2.45, 2.75) is 19.3 Å². The number of anilines is 1. The number of nitro benzene ring substituents is 1. The molecule has 0 bridgehead atoms. The van der Waals surface area contributed by atoms with E-state index in [0.717, 1.165) is 18.4 Å². The summed E-state index contributed by atoms with van der Waals surface area (Å²) in [7, 11) is 0. The van der Waals surface area contributed by atoms with Crippen LogP contribution in [0.15, 0.2) is 18.2 Å². The fourth-order valence-corrected chi connectivity index (χ4v) is 1.78. The molecule has 1 saturated carbocycles. The van der Waals surface area contributed by atoms with Crippen molar-refractivity contribution in [3.63, 3.8) is 0 Å². The number of rotatable bonds is 6. The second-order valence-corrected chi connectivity index (χ2v) is 4.45. The first kappa shape index (κ1) is 12.3.